The zero-order valence-corrected chi connectivity index (χ0v) is 20.3. The Labute approximate surface area is 202 Å². The first kappa shape index (κ1) is 30.7. The number of hydrogen-bond acceptors (Lipinski definition) is 3. The monoisotopic (exact) mass is 470 g/mol. The third-order valence-corrected chi connectivity index (χ3v) is 6.44. The SMILES string of the molecule is CCCCCCCCCCCCCCCCCCOP(=O)(O)Oc1ccc(C)cc1.[AlH3]. The number of benzene rings is 1. The lowest BCUT2D eigenvalue weighted by molar-refractivity contribution is 0.199. The van der Waals surface area contributed by atoms with Gasteiger partial charge in [0.2, 0.25) is 0 Å². The number of unbranched alkanes of at least 4 members (excludes halogenated alkanes) is 15. The van der Waals surface area contributed by atoms with Crippen LogP contribution in [0, 0.1) is 6.92 Å². The Morgan fingerprint density at radius 3 is 1.52 bits per heavy atom. The van der Waals surface area contributed by atoms with Crippen molar-refractivity contribution in [3.8, 4) is 5.75 Å². The van der Waals surface area contributed by atoms with Gasteiger partial charge in [0.15, 0.2) is 17.4 Å². The molecule has 1 aromatic carbocycles. The molecule has 6 heteroatoms. The number of phosphoric ester groups is 1. The van der Waals surface area contributed by atoms with Gasteiger partial charge >= 0.3 is 7.82 Å². The van der Waals surface area contributed by atoms with Crippen molar-refractivity contribution in [3.05, 3.63) is 29.8 Å². The summed E-state index contributed by atoms with van der Waals surface area (Å²) in [5, 5.41) is 0. The van der Waals surface area contributed by atoms with Crippen LogP contribution in [-0.2, 0) is 9.09 Å². The van der Waals surface area contributed by atoms with Crippen molar-refractivity contribution >= 4 is 25.2 Å². The van der Waals surface area contributed by atoms with Gasteiger partial charge in [0.1, 0.15) is 5.75 Å². The minimum absolute atomic E-state index is 0. The molecule has 1 aromatic rings. The zero-order chi connectivity index (χ0) is 21.9. The maximum atomic E-state index is 11.9. The lowest BCUT2D eigenvalue weighted by Gasteiger charge is -2.13. The normalized spacial score (nSPS) is 12.9. The molecule has 0 aliphatic rings. The highest BCUT2D eigenvalue weighted by atomic mass is 31.2. The smallest absolute Gasteiger partial charge is 0.404 e. The fraction of sp³-hybridized carbons (Fsp3) is 0.760. The summed E-state index contributed by atoms with van der Waals surface area (Å²) in [5.41, 5.74) is 1.07. The van der Waals surface area contributed by atoms with Gasteiger partial charge in [-0.2, -0.15) is 0 Å². The van der Waals surface area contributed by atoms with Gasteiger partial charge in [-0.3, -0.25) is 9.42 Å². The Morgan fingerprint density at radius 1 is 0.710 bits per heavy atom. The lowest BCUT2D eigenvalue weighted by Crippen LogP contribution is -1.99. The van der Waals surface area contributed by atoms with E-state index in [4.69, 9.17) is 9.05 Å². The van der Waals surface area contributed by atoms with Crippen LogP contribution in [-0.4, -0.2) is 28.9 Å². The van der Waals surface area contributed by atoms with Crippen LogP contribution >= 0.6 is 7.82 Å². The summed E-state index contributed by atoms with van der Waals surface area (Å²) in [7, 11) is -4.02. The van der Waals surface area contributed by atoms with Gasteiger partial charge in [0.05, 0.1) is 6.61 Å². The van der Waals surface area contributed by atoms with E-state index in [0.717, 1.165) is 24.8 Å². The van der Waals surface area contributed by atoms with Crippen LogP contribution in [0.5, 0.6) is 5.75 Å². The van der Waals surface area contributed by atoms with E-state index in [1.807, 2.05) is 19.1 Å². The van der Waals surface area contributed by atoms with E-state index < -0.39 is 7.82 Å². The lowest BCUT2D eigenvalue weighted by atomic mass is 10.0. The highest BCUT2D eigenvalue weighted by Crippen LogP contribution is 2.43. The highest BCUT2D eigenvalue weighted by Gasteiger charge is 2.22. The minimum atomic E-state index is -4.02. The third-order valence-electron chi connectivity index (χ3n) is 5.49. The molecule has 0 amide bonds. The second-order valence-corrected chi connectivity index (χ2v) is 9.89. The molecule has 1 N–H and O–H groups in total. The summed E-state index contributed by atoms with van der Waals surface area (Å²) in [6.07, 6.45) is 20.8. The van der Waals surface area contributed by atoms with Crippen LogP contribution in [0.25, 0.3) is 0 Å². The minimum Gasteiger partial charge on any atom is -0.404 e. The predicted octanol–water partition coefficient (Wildman–Crippen LogP) is 7.57. The molecule has 1 unspecified atom stereocenters. The number of rotatable bonds is 20. The maximum Gasteiger partial charge on any atom is 0.527 e. The van der Waals surface area contributed by atoms with E-state index in [2.05, 4.69) is 6.92 Å². The van der Waals surface area contributed by atoms with Gasteiger partial charge in [0.25, 0.3) is 0 Å². The van der Waals surface area contributed by atoms with Gasteiger partial charge in [-0.25, -0.2) is 4.57 Å². The molecule has 0 bridgehead atoms. The molecular formula is C25H48AlO4P. The van der Waals surface area contributed by atoms with Crippen molar-refractivity contribution < 1.29 is 18.5 Å². The number of aryl methyl sites for hydroxylation is 1. The number of phosphoric acid groups is 1. The van der Waals surface area contributed by atoms with E-state index in [0.29, 0.717) is 5.75 Å². The van der Waals surface area contributed by atoms with Crippen molar-refractivity contribution in [2.24, 2.45) is 0 Å². The molecule has 1 rings (SSSR count). The van der Waals surface area contributed by atoms with E-state index in [1.54, 1.807) is 12.1 Å². The summed E-state index contributed by atoms with van der Waals surface area (Å²) < 4.78 is 22.1. The number of hydrogen-bond donors (Lipinski definition) is 1. The standard InChI is InChI=1S/C25H45O4P.Al.3H/c1-3-4-5-6-7-8-9-10-11-12-13-14-15-16-17-18-23-28-30(26,27)29-25-21-19-24(2)20-22-25;;;;/h19-22H,3-18,23H2,1-2H3,(H,26,27);;;;. The molecule has 0 aromatic heterocycles. The van der Waals surface area contributed by atoms with Crippen molar-refractivity contribution in [3.63, 3.8) is 0 Å². The average molecular weight is 471 g/mol. The predicted molar refractivity (Wildman–Crippen MR) is 137 cm³/mol. The molecule has 180 valence electrons. The Bertz CT molecular complexity index is 565. The van der Waals surface area contributed by atoms with E-state index in [1.165, 1.54) is 83.5 Å². The summed E-state index contributed by atoms with van der Waals surface area (Å²) in [6, 6.07) is 7.03. The highest BCUT2D eigenvalue weighted by molar-refractivity contribution is 7.47. The molecule has 0 heterocycles. The third kappa shape index (κ3) is 18.9. The van der Waals surface area contributed by atoms with Crippen LogP contribution in [0.2, 0.25) is 0 Å². The second-order valence-electron chi connectivity index (χ2n) is 8.51. The summed E-state index contributed by atoms with van der Waals surface area (Å²) in [4.78, 5) is 9.77. The Balaban J connectivity index is 0.00000900. The van der Waals surface area contributed by atoms with Crippen LogP contribution in [0.4, 0.5) is 0 Å². The molecule has 0 saturated heterocycles. The molecule has 31 heavy (non-hydrogen) atoms. The van der Waals surface area contributed by atoms with Crippen LogP contribution < -0.4 is 4.52 Å². The van der Waals surface area contributed by atoms with Crippen LogP contribution in [0.15, 0.2) is 24.3 Å². The van der Waals surface area contributed by atoms with Gasteiger partial charge < -0.3 is 4.52 Å². The Morgan fingerprint density at radius 2 is 1.10 bits per heavy atom. The molecular weight excluding hydrogens is 422 g/mol. The average Bonchev–Trinajstić information content (AvgIpc) is 2.72. The summed E-state index contributed by atoms with van der Waals surface area (Å²) >= 11 is 0. The zero-order valence-electron chi connectivity index (χ0n) is 19.4. The molecule has 0 fully saturated rings. The Kier molecular flexibility index (Phi) is 20.1. The summed E-state index contributed by atoms with van der Waals surface area (Å²) in [6.45, 7) is 4.49. The van der Waals surface area contributed by atoms with Gasteiger partial charge in [-0.05, 0) is 25.5 Å². The van der Waals surface area contributed by atoms with Crippen molar-refractivity contribution in [1.82, 2.24) is 0 Å². The molecule has 0 aliphatic heterocycles. The topological polar surface area (TPSA) is 55.8 Å². The van der Waals surface area contributed by atoms with E-state index >= 15 is 0 Å². The second kappa shape index (κ2) is 20.3. The first-order valence-corrected chi connectivity index (χ1v) is 13.8. The Hall–Kier alpha value is -0.298. The van der Waals surface area contributed by atoms with Crippen molar-refractivity contribution in [2.75, 3.05) is 6.61 Å². The van der Waals surface area contributed by atoms with Crippen molar-refractivity contribution in [2.45, 2.75) is 117 Å². The van der Waals surface area contributed by atoms with Gasteiger partial charge in [-0.1, -0.05) is 121 Å². The fourth-order valence-electron chi connectivity index (χ4n) is 3.59. The van der Waals surface area contributed by atoms with Gasteiger partial charge in [0, 0.05) is 0 Å². The molecule has 4 nitrogen and oxygen atoms in total. The largest absolute Gasteiger partial charge is 0.527 e. The molecule has 0 aliphatic carbocycles. The first-order valence-electron chi connectivity index (χ1n) is 12.3. The molecule has 0 radical (unpaired) electrons. The molecule has 0 spiro atoms. The van der Waals surface area contributed by atoms with Crippen molar-refractivity contribution in [1.29, 1.82) is 0 Å². The summed E-state index contributed by atoms with van der Waals surface area (Å²) in [5.74, 6) is 0.360. The van der Waals surface area contributed by atoms with E-state index in [9.17, 15) is 9.46 Å². The van der Waals surface area contributed by atoms with Gasteiger partial charge in [-0.15, -0.1) is 0 Å². The quantitative estimate of drug-likeness (QED) is 0.121. The first-order chi connectivity index (χ1) is 14.5. The fourth-order valence-corrected chi connectivity index (χ4v) is 4.39. The van der Waals surface area contributed by atoms with E-state index in [-0.39, 0.29) is 24.0 Å². The maximum absolute atomic E-state index is 11.9. The molecule has 1 atom stereocenters. The van der Waals surface area contributed by atoms with Crippen LogP contribution in [0.1, 0.15) is 115 Å². The van der Waals surface area contributed by atoms with Crippen LogP contribution in [0.3, 0.4) is 0 Å². The molecule has 0 saturated carbocycles.